The molecule has 4 rings (SSSR count). The predicted octanol–water partition coefficient (Wildman–Crippen LogP) is 9.46. The Morgan fingerprint density at radius 2 is 1.18 bits per heavy atom. The first kappa shape index (κ1) is 24.5. The lowest BCUT2D eigenvalue weighted by Crippen LogP contribution is -2.62. The normalized spacial score (nSPS) is 25.3. The number of rotatable bonds is 4. The molecule has 2 aromatic rings. The van der Waals surface area contributed by atoms with Crippen molar-refractivity contribution in [3.63, 3.8) is 0 Å². The number of allylic oxidation sites excluding steroid dienone is 8. The summed E-state index contributed by atoms with van der Waals surface area (Å²) < 4.78 is 0. The second-order valence-corrected chi connectivity index (χ2v) is 12.6. The molecule has 34 heavy (non-hydrogen) atoms. The van der Waals surface area contributed by atoms with Crippen molar-refractivity contribution in [1.82, 2.24) is 0 Å². The molecule has 0 fully saturated rings. The van der Waals surface area contributed by atoms with Crippen molar-refractivity contribution in [3.8, 4) is 0 Å². The highest BCUT2D eigenvalue weighted by molar-refractivity contribution is 5.61. The summed E-state index contributed by atoms with van der Waals surface area (Å²) in [4.78, 5) is 0. The molecule has 0 spiro atoms. The lowest BCUT2D eigenvalue weighted by atomic mass is 9.37. The SMILES string of the molecule is CC1=C(C)C(C)(C(c2ccccc2)(c2ccccc2)C2(C(C)(C)C)C=CC=C2C(C)(C)C)C=C1. The van der Waals surface area contributed by atoms with Crippen LogP contribution in [0.15, 0.2) is 108 Å². The van der Waals surface area contributed by atoms with Gasteiger partial charge in [-0.1, -0.05) is 156 Å². The van der Waals surface area contributed by atoms with Gasteiger partial charge in [-0.2, -0.15) is 0 Å². The maximum Gasteiger partial charge on any atom is 0.0461 e. The molecule has 0 heterocycles. The molecule has 0 saturated carbocycles. The zero-order valence-corrected chi connectivity index (χ0v) is 22.7. The fourth-order valence-corrected chi connectivity index (χ4v) is 7.26. The molecular weight excluding hydrogens is 408 g/mol. The third-order valence-corrected chi connectivity index (χ3v) is 8.85. The molecule has 2 aliphatic carbocycles. The van der Waals surface area contributed by atoms with Crippen LogP contribution in [0.4, 0.5) is 0 Å². The molecule has 0 saturated heterocycles. The lowest BCUT2D eigenvalue weighted by molar-refractivity contribution is 0.0330. The number of hydrogen-bond acceptors (Lipinski definition) is 0. The van der Waals surface area contributed by atoms with Crippen LogP contribution in [0, 0.1) is 21.7 Å². The number of benzene rings is 2. The molecule has 0 aliphatic heterocycles. The van der Waals surface area contributed by atoms with Gasteiger partial charge >= 0.3 is 0 Å². The largest absolute Gasteiger partial charge is 0.0730 e. The van der Waals surface area contributed by atoms with Gasteiger partial charge in [0, 0.05) is 16.2 Å². The predicted molar refractivity (Wildman–Crippen MR) is 148 cm³/mol. The van der Waals surface area contributed by atoms with E-state index in [9.17, 15) is 0 Å². The first-order valence-corrected chi connectivity index (χ1v) is 12.7. The van der Waals surface area contributed by atoms with Crippen LogP contribution < -0.4 is 0 Å². The van der Waals surface area contributed by atoms with Crippen LogP contribution in [0.3, 0.4) is 0 Å². The van der Waals surface area contributed by atoms with Gasteiger partial charge in [0.15, 0.2) is 0 Å². The van der Waals surface area contributed by atoms with E-state index in [2.05, 4.69) is 153 Å². The van der Waals surface area contributed by atoms with Crippen LogP contribution in [0.2, 0.25) is 0 Å². The molecule has 2 aliphatic rings. The van der Waals surface area contributed by atoms with E-state index in [1.807, 2.05) is 0 Å². The first-order valence-electron chi connectivity index (χ1n) is 12.7. The molecule has 178 valence electrons. The molecule has 2 unspecified atom stereocenters. The Balaban J connectivity index is 2.32. The topological polar surface area (TPSA) is 0 Å². The van der Waals surface area contributed by atoms with Gasteiger partial charge in [0.1, 0.15) is 0 Å². The van der Waals surface area contributed by atoms with E-state index in [0.29, 0.717) is 0 Å². The Kier molecular flexibility index (Phi) is 5.75. The Labute approximate surface area is 208 Å². The quantitative estimate of drug-likeness (QED) is 0.435. The van der Waals surface area contributed by atoms with Gasteiger partial charge in [0.25, 0.3) is 0 Å². The zero-order valence-electron chi connectivity index (χ0n) is 22.7. The summed E-state index contributed by atoms with van der Waals surface area (Å²) in [5.41, 5.74) is 6.21. The molecule has 0 bridgehead atoms. The third kappa shape index (κ3) is 3.10. The van der Waals surface area contributed by atoms with E-state index >= 15 is 0 Å². The minimum absolute atomic E-state index is 0.0108. The summed E-state index contributed by atoms with van der Waals surface area (Å²) in [6.45, 7) is 21.6. The second kappa shape index (κ2) is 7.98. The molecule has 0 N–H and O–H groups in total. The maximum atomic E-state index is 2.55. The van der Waals surface area contributed by atoms with Crippen LogP contribution in [0.25, 0.3) is 0 Å². The van der Waals surface area contributed by atoms with Crippen LogP contribution in [-0.4, -0.2) is 0 Å². The highest BCUT2D eigenvalue weighted by Crippen LogP contribution is 2.73. The zero-order chi connectivity index (χ0) is 25.0. The Morgan fingerprint density at radius 3 is 1.56 bits per heavy atom. The van der Waals surface area contributed by atoms with Gasteiger partial charge in [0.05, 0.1) is 0 Å². The second-order valence-electron chi connectivity index (χ2n) is 12.6. The van der Waals surface area contributed by atoms with E-state index in [-0.39, 0.29) is 27.1 Å². The van der Waals surface area contributed by atoms with Crippen molar-refractivity contribution in [3.05, 3.63) is 119 Å². The van der Waals surface area contributed by atoms with E-state index in [1.54, 1.807) is 0 Å². The molecular formula is C34H42. The van der Waals surface area contributed by atoms with Crippen LogP contribution in [0.1, 0.15) is 73.4 Å². The van der Waals surface area contributed by atoms with Gasteiger partial charge in [-0.25, -0.2) is 0 Å². The van der Waals surface area contributed by atoms with Crippen LogP contribution >= 0.6 is 0 Å². The number of hydrogen-bond donors (Lipinski definition) is 0. The van der Waals surface area contributed by atoms with E-state index in [4.69, 9.17) is 0 Å². The first-order chi connectivity index (χ1) is 15.8. The summed E-state index contributed by atoms with van der Waals surface area (Å²) in [7, 11) is 0. The highest BCUT2D eigenvalue weighted by atomic mass is 14.7. The van der Waals surface area contributed by atoms with Crippen molar-refractivity contribution in [2.75, 3.05) is 0 Å². The average Bonchev–Trinajstić information content (AvgIpc) is 3.35. The lowest BCUT2D eigenvalue weighted by Gasteiger charge is -2.65. The molecule has 0 radical (unpaired) electrons. The van der Waals surface area contributed by atoms with Crippen molar-refractivity contribution >= 4 is 0 Å². The average molecular weight is 451 g/mol. The fourth-order valence-electron chi connectivity index (χ4n) is 7.26. The third-order valence-electron chi connectivity index (χ3n) is 8.85. The summed E-state index contributed by atoms with van der Waals surface area (Å²) in [5, 5.41) is 0. The Hall–Kier alpha value is -2.60. The minimum atomic E-state index is -0.356. The van der Waals surface area contributed by atoms with Crippen molar-refractivity contribution < 1.29 is 0 Å². The Morgan fingerprint density at radius 1 is 0.676 bits per heavy atom. The smallest absolute Gasteiger partial charge is 0.0461 e. The molecule has 2 aromatic carbocycles. The van der Waals surface area contributed by atoms with E-state index < -0.39 is 0 Å². The van der Waals surface area contributed by atoms with Crippen molar-refractivity contribution in [2.45, 2.75) is 67.7 Å². The Bertz CT molecular complexity index is 1130. The maximum absolute atomic E-state index is 2.55. The monoisotopic (exact) mass is 450 g/mol. The molecule has 2 atom stereocenters. The van der Waals surface area contributed by atoms with Crippen LogP contribution in [0.5, 0.6) is 0 Å². The van der Waals surface area contributed by atoms with Gasteiger partial charge in [-0.05, 0) is 35.8 Å². The molecule has 0 amide bonds. The highest BCUT2D eigenvalue weighted by Gasteiger charge is 2.68. The fraction of sp³-hybridized carbons (Fsp3) is 0.412. The minimum Gasteiger partial charge on any atom is -0.0730 e. The molecule has 0 heteroatoms. The summed E-state index contributed by atoms with van der Waals surface area (Å²) in [6.07, 6.45) is 12.1. The van der Waals surface area contributed by atoms with Crippen molar-refractivity contribution in [2.24, 2.45) is 21.7 Å². The van der Waals surface area contributed by atoms with Crippen molar-refractivity contribution in [1.29, 1.82) is 0 Å². The summed E-state index contributed by atoms with van der Waals surface area (Å²) in [6, 6.07) is 22.6. The van der Waals surface area contributed by atoms with Gasteiger partial charge in [0.2, 0.25) is 0 Å². The van der Waals surface area contributed by atoms with Gasteiger partial charge < -0.3 is 0 Å². The summed E-state index contributed by atoms with van der Waals surface area (Å²) in [5.74, 6) is 0. The van der Waals surface area contributed by atoms with E-state index in [0.717, 1.165) is 0 Å². The molecule has 0 aromatic heterocycles. The van der Waals surface area contributed by atoms with Crippen LogP contribution in [-0.2, 0) is 5.41 Å². The summed E-state index contributed by atoms with van der Waals surface area (Å²) >= 11 is 0. The van der Waals surface area contributed by atoms with Gasteiger partial charge in [-0.3, -0.25) is 0 Å². The van der Waals surface area contributed by atoms with Gasteiger partial charge in [-0.15, -0.1) is 0 Å². The van der Waals surface area contributed by atoms with E-state index in [1.165, 1.54) is 27.8 Å². The standard InChI is InChI=1S/C34H42/c1-25-22-24-32(9,26(25)2)34(27-17-12-10-13-18-27,28-19-14-11-15-20-28)33(31(6,7)8)23-16-21-29(33)30(3,4)5/h10-24H,1-9H3. The molecule has 0 nitrogen and oxygen atoms in total.